The number of aryl methyl sites for hydroxylation is 3. The number of benzene rings is 3. The van der Waals surface area contributed by atoms with Gasteiger partial charge in [0.05, 0.1) is 21.6 Å². The molecule has 4 rings (SSSR count). The zero-order valence-electron chi connectivity index (χ0n) is 23.6. The Morgan fingerprint density at radius 2 is 1.68 bits per heavy atom. The molecule has 4 aromatic rings. The van der Waals surface area contributed by atoms with E-state index in [0.717, 1.165) is 34.4 Å². The summed E-state index contributed by atoms with van der Waals surface area (Å²) in [6.07, 6.45) is 2.58. The number of halogens is 2. The van der Waals surface area contributed by atoms with Crippen LogP contribution in [0.4, 0.5) is 11.4 Å². The lowest BCUT2D eigenvalue weighted by molar-refractivity contribution is 0.591. The summed E-state index contributed by atoms with van der Waals surface area (Å²) in [6.45, 7) is 4.43. The van der Waals surface area contributed by atoms with E-state index in [2.05, 4.69) is 0 Å². The molecule has 0 aliphatic rings. The minimum absolute atomic E-state index is 0. The van der Waals surface area contributed by atoms with Gasteiger partial charge in [-0.05, 0) is 73.7 Å². The third-order valence-corrected chi connectivity index (χ3v) is 9.16. The normalized spacial score (nSPS) is 11.1. The van der Waals surface area contributed by atoms with Crippen LogP contribution in [0.15, 0.2) is 59.5 Å². The summed E-state index contributed by atoms with van der Waals surface area (Å²) in [5.41, 5.74) is 23.7. The summed E-state index contributed by atoms with van der Waals surface area (Å²) >= 11 is 0. The highest BCUT2D eigenvalue weighted by molar-refractivity contribution is 7.92. The lowest BCUT2D eigenvalue weighted by atomic mass is 10.0. The molecule has 0 unspecified atom stereocenters. The van der Waals surface area contributed by atoms with E-state index in [4.69, 9.17) is 27.6 Å². The maximum Gasteiger partial charge on any atom is 0.264 e. The number of aromatic nitrogens is 2. The Balaban J connectivity index is 0.00000294. The van der Waals surface area contributed by atoms with Crippen LogP contribution in [-0.2, 0) is 42.8 Å². The Bertz CT molecular complexity index is 1620. The van der Waals surface area contributed by atoms with Crippen molar-refractivity contribution >= 4 is 63.1 Å². The quantitative estimate of drug-likeness (QED) is 0.111. The SMILES string of the molecule is CCc1c(S(=O)(=O)N(CC)c2ccc3c(c2)nc(CCc2ccc(C(=N)N)cc2)n3C)ccc(CCN)c1N.Cl.Cl. The van der Waals surface area contributed by atoms with Gasteiger partial charge in [0, 0.05) is 31.3 Å². The van der Waals surface area contributed by atoms with Crippen molar-refractivity contribution in [1.29, 1.82) is 5.41 Å². The summed E-state index contributed by atoms with van der Waals surface area (Å²) in [7, 11) is -1.90. The van der Waals surface area contributed by atoms with Crippen LogP contribution in [0.1, 0.15) is 41.9 Å². The summed E-state index contributed by atoms with van der Waals surface area (Å²) in [4.78, 5) is 5.07. The number of nitrogens with two attached hydrogens (primary N) is 3. The highest BCUT2D eigenvalue weighted by Crippen LogP contribution is 2.32. The number of hydrogen-bond donors (Lipinski definition) is 4. The van der Waals surface area contributed by atoms with E-state index in [-0.39, 0.29) is 42.1 Å². The number of nitrogen functional groups attached to an aromatic ring is 2. The summed E-state index contributed by atoms with van der Waals surface area (Å²) in [5.74, 6) is 0.953. The molecule has 0 aliphatic carbocycles. The molecule has 0 radical (unpaired) electrons. The lowest BCUT2D eigenvalue weighted by Crippen LogP contribution is -2.31. The minimum Gasteiger partial charge on any atom is -0.398 e. The van der Waals surface area contributed by atoms with Gasteiger partial charge in [0.2, 0.25) is 0 Å². The van der Waals surface area contributed by atoms with Crippen LogP contribution in [0, 0.1) is 5.41 Å². The van der Waals surface area contributed by atoms with Gasteiger partial charge in [-0.25, -0.2) is 13.4 Å². The molecule has 9 nitrogen and oxygen atoms in total. The summed E-state index contributed by atoms with van der Waals surface area (Å²) in [6, 6.07) is 16.6. The van der Waals surface area contributed by atoms with Crippen molar-refractivity contribution in [2.24, 2.45) is 18.5 Å². The maximum atomic E-state index is 13.9. The first kappa shape index (κ1) is 33.9. The number of amidine groups is 1. The average Bonchev–Trinajstić information content (AvgIpc) is 3.23. The van der Waals surface area contributed by atoms with Crippen LogP contribution >= 0.6 is 24.8 Å². The first-order valence-electron chi connectivity index (χ1n) is 13.1. The van der Waals surface area contributed by atoms with Crippen LogP contribution < -0.4 is 21.5 Å². The molecule has 0 fully saturated rings. The van der Waals surface area contributed by atoms with Gasteiger partial charge in [-0.15, -0.1) is 24.8 Å². The Morgan fingerprint density at radius 1 is 1.00 bits per heavy atom. The van der Waals surface area contributed by atoms with E-state index >= 15 is 0 Å². The molecule has 0 amide bonds. The van der Waals surface area contributed by atoms with Gasteiger partial charge < -0.3 is 21.8 Å². The number of imidazole rings is 1. The van der Waals surface area contributed by atoms with Crippen molar-refractivity contribution in [1.82, 2.24) is 9.55 Å². The molecule has 1 aromatic heterocycles. The standard InChI is InChI=1S/C29H37N7O2S.2ClH/c1-4-23-26(14-11-20(16-17-30)28(23)31)39(37,38)36(5-2)22-12-13-25-24(18-22)34-27(35(25)3)15-8-19-6-9-21(10-7-19)29(32)33;;/h6-7,9-14,18H,4-5,8,15-17,30-31H2,1-3H3,(H3,32,33);2*1H. The van der Waals surface area contributed by atoms with Crippen LogP contribution in [-0.4, -0.2) is 36.9 Å². The monoisotopic (exact) mass is 619 g/mol. The second-order valence-electron chi connectivity index (χ2n) is 9.55. The molecule has 0 atom stereocenters. The summed E-state index contributed by atoms with van der Waals surface area (Å²) in [5, 5.41) is 7.55. The molecule has 3 aromatic carbocycles. The highest BCUT2D eigenvalue weighted by atomic mass is 35.5. The number of fused-ring (bicyclic) bond motifs is 1. The van der Waals surface area contributed by atoms with Crippen molar-refractivity contribution in [2.75, 3.05) is 23.1 Å². The number of nitrogens with zero attached hydrogens (tertiary/aromatic N) is 3. The van der Waals surface area contributed by atoms with E-state index in [1.54, 1.807) is 12.1 Å². The zero-order valence-corrected chi connectivity index (χ0v) is 26.0. The Morgan fingerprint density at radius 3 is 2.27 bits per heavy atom. The second-order valence-corrected chi connectivity index (χ2v) is 11.4. The topological polar surface area (TPSA) is 157 Å². The van der Waals surface area contributed by atoms with Crippen molar-refractivity contribution in [3.8, 4) is 0 Å². The fourth-order valence-electron chi connectivity index (χ4n) is 5.01. The molecule has 41 heavy (non-hydrogen) atoms. The molecule has 7 N–H and O–H groups in total. The maximum absolute atomic E-state index is 13.9. The second kappa shape index (κ2) is 14.0. The minimum atomic E-state index is -3.87. The predicted octanol–water partition coefficient (Wildman–Crippen LogP) is 4.35. The number of rotatable bonds is 11. The fraction of sp³-hybridized carbons (Fsp3) is 0.310. The van der Waals surface area contributed by atoms with E-state index in [1.807, 2.05) is 67.9 Å². The molecule has 0 bridgehead atoms. The molecule has 0 saturated carbocycles. The van der Waals surface area contributed by atoms with Crippen molar-refractivity contribution in [3.63, 3.8) is 0 Å². The van der Waals surface area contributed by atoms with Gasteiger partial charge in [0.25, 0.3) is 10.0 Å². The number of anilines is 2. The Labute approximate surface area is 254 Å². The van der Waals surface area contributed by atoms with E-state index in [1.165, 1.54) is 4.31 Å². The number of sulfonamides is 1. The zero-order chi connectivity index (χ0) is 28.3. The van der Waals surface area contributed by atoms with Gasteiger partial charge in [-0.2, -0.15) is 0 Å². The molecule has 0 spiro atoms. The van der Waals surface area contributed by atoms with E-state index < -0.39 is 10.0 Å². The van der Waals surface area contributed by atoms with Crippen molar-refractivity contribution < 1.29 is 8.42 Å². The van der Waals surface area contributed by atoms with Crippen molar-refractivity contribution in [3.05, 3.63) is 82.7 Å². The fourth-order valence-corrected chi connectivity index (χ4v) is 6.78. The van der Waals surface area contributed by atoms with Crippen molar-refractivity contribution in [2.45, 2.75) is 44.4 Å². The summed E-state index contributed by atoms with van der Waals surface area (Å²) < 4.78 is 31.2. The smallest absolute Gasteiger partial charge is 0.264 e. The highest BCUT2D eigenvalue weighted by Gasteiger charge is 2.28. The molecular formula is C29H39Cl2N7O2S. The first-order valence-corrected chi connectivity index (χ1v) is 14.6. The Hall–Kier alpha value is -3.31. The van der Waals surface area contributed by atoms with E-state index in [0.29, 0.717) is 48.3 Å². The molecule has 0 saturated heterocycles. The van der Waals surface area contributed by atoms with Gasteiger partial charge in [-0.1, -0.05) is 37.3 Å². The Kier molecular flexibility index (Phi) is 11.6. The molecule has 222 valence electrons. The van der Waals surface area contributed by atoms with Gasteiger partial charge in [0.15, 0.2) is 0 Å². The number of nitrogens with one attached hydrogen (secondary N) is 1. The lowest BCUT2D eigenvalue weighted by Gasteiger charge is -2.25. The molecule has 1 heterocycles. The molecule has 0 aliphatic heterocycles. The van der Waals surface area contributed by atoms with Gasteiger partial charge in [-0.3, -0.25) is 9.71 Å². The van der Waals surface area contributed by atoms with Crippen LogP contribution in [0.2, 0.25) is 0 Å². The third kappa shape index (κ3) is 6.78. The number of hydrogen-bond acceptors (Lipinski definition) is 6. The van der Waals surface area contributed by atoms with Crippen LogP contribution in [0.25, 0.3) is 11.0 Å². The first-order chi connectivity index (χ1) is 18.6. The molecular weight excluding hydrogens is 581 g/mol. The van der Waals surface area contributed by atoms with Gasteiger partial charge in [0.1, 0.15) is 11.7 Å². The van der Waals surface area contributed by atoms with Crippen LogP contribution in [0.3, 0.4) is 0 Å². The van der Waals surface area contributed by atoms with Gasteiger partial charge >= 0.3 is 0 Å². The largest absolute Gasteiger partial charge is 0.398 e. The molecule has 12 heteroatoms. The average molecular weight is 621 g/mol. The predicted molar refractivity (Wildman–Crippen MR) is 173 cm³/mol. The van der Waals surface area contributed by atoms with E-state index in [9.17, 15) is 8.42 Å². The van der Waals surface area contributed by atoms with Crippen LogP contribution in [0.5, 0.6) is 0 Å². The third-order valence-electron chi connectivity index (χ3n) is 7.17.